The summed E-state index contributed by atoms with van der Waals surface area (Å²) in [4.78, 5) is 33.7. The minimum absolute atomic E-state index is 0.0539. The minimum atomic E-state index is -0.863. The number of hydrogen-bond acceptors (Lipinski definition) is 7. The van der Waals surface area contributed by atoms with E-state index in [4.69, 9.17) is 4.42 Å². The van der Waals surface area contributed by atoms with E-state index in [1.165, 1.54) is 42.5 Å². The van der Waals surface area contributed by atoms with Crippen molar-refractivity contribution in [3.05, 3.63) is 91.7 Å². The number of nitro groups is 2. The molecular weight excluding hydrogens is 404 g/mol. The maximum absolute atomic E-state index is 12.5. The largest absolute Gasteiger partial charge is 0.456 e. The fourth-order valence-corrected chi connectivity index (χ4v) is 2.80. The first-order valence-corrected chi connectivity index (χ1v) is 8.82. The topological polar surface area (TPSA) is 152 Å². The number of nitriles is 1. The Morgan fingerprint density at radius 1 is 1.06 bits per heavy atom. The second-order valence-electron chi connectivity index (χ2n) is 6.38. The lowest BCUT2D eigenvalue weighted by atomic mass is 10.1. The molecule has 3 rings (SSSR count). The summed E-state index contributed by atoms with van der Waals surface area (Å²) in [5.74, 6) is -0.568. The monoisotopic (exact) mass is 418 g/mol. The number of nitrogens with one attached hydrogen (secondary N) is 1. The number of para-hydroxylation sites is 1. The molecule has 1 N–H and O–H groups in total. The predicted molar refractivity (Wildman–Crippen MR) is 111 cm³/mol. The number of aryl methyl sites for hydroxylation is 1. The molecule has 0 atom stereocenters. The van der Waals surface area contributed by atoms with Gasteiger partial charge in [-0.3, -0.25) is 25.0 Å². The molecule has 0 saturated heterocycles. The highest BCUT2D eigenvalue weighted by atomic mass is 16.6. The third-order valence-electron chi connectivity index (χ3n) is 4.24. The van der Waals surface area contributed by atoms with Crippen molar-refractivity contribution in [2.45, 2.75) is 6.92 Å². The minimum Gasteiger partial charge on any atom is -0.456 e. The van der Waals surface area contributed by atoms with E-state index in [0.29, 0.717) is 5.56 Å². The van der Waals surface area contributed by atoms with Gasteiger partial charge in [-0.15, -0.1) is 0 Å². The van der Waals surface area contributed by atoms with Crippen molar-refractivity contribution >= 4 is 29.0 Å². The maximum Gasteiger partial charge on any atom is 0.293 e. The molecule has 0 aliphatic heterocycles. The third-order valence-corrected chi connectivity index (χ3v) is 4.24. The van der Waals surface area contributed by atoms with Crippen molar-refractivity contribution in [1.82, 2.24) is 0 Å². The van der Waals surface area contributed by atoms with Gasteiger partial charge >= 0.3 is 0 Å². The average molecular weight is 418 g/mol. The molecule has 3 aromatic rings. The van der Waals surface area contributed by atoms with E-state index < -0.39 is 15.8 Å². The molecule has 1 heterocycles. The van der Waals surface area contributed by atoms with Gasteiger partial charge in [-0.25, -0.2) is 0 Å². The average Bonchev–Trinajstić information content (AvgIpc) is 3.21. The molecule has 1 aromatic heterocycles. The van der Waals surface area contributed by atoms with Gasteiger partial charge in [0.05, 0.1) is 15.4 Å². The molecule has 0 aliphatic rings. The van der Waals surface area contributed by atoms with Gasteiger partial charge in [0.1, 0.15) is 28.9 Å². The van der Waals surface area contributed by atoms with Crippen LogP contribution in [0.4, 0.5) is 17.1 Å². The molecule has 2 aromatic carbocycles. The van der Waals surface area contributed by atoms with Crippen molar-refractivity contribution in [3.8, 4) is 17.4 Å². The van der Waals surface area contributed by atoms with Crippen LogP contribution in [-0.2, 0) is 4.79 Å². The fourth-order valence-electron chi connectivity index (χ4n) is 2.80. The number of hydrogen-bond donors (Lipinski definition) is 1. The Balaban J connectivity index is 1.89. The molecule has 0 bridgehead atoms. The molecule has 0 unspecified atom stereocenters. The zero-order chi connectivity index (χ0) is 22.5. The van der Waals surface area contributed by atoms with Gasteiger partial charge in [-0.05, 0) is 36.8 Å². The van der Waals surface area contributed by atoms with Crippen molar-refractivity contribution in [2.24, 2.45) is 0 Å². The van der Waals surface area contributed by atoms with E-state index in [1.807, 2.05) is 0 Å². The van der Waals surface area contributed by atoms with Crippen molar-refractivity contribution in [3.63, 3.8) is 0 Å². The summed E-state index contributed by atoms with van der Waals surface area (Å²) < 4.78 is 5.55. The second kappa shape index (κ2) is 8.71. The highest BCUT2D eigenvalue weighted by molar-refractivity contribution is 6.10. The molecule has 0 fully saturated rings. The SMILES string of the molecule is Cc1ccc(NC(=O)/C(C#N)=C/c2ccc(-c3ccccc3[N+](=O)[O-])o2)c([N+](=O)[O-])c1. The number of anilines is 1. The Hall–Kier alpha value is -4.78. The zero-order valence-corrected chi connectivity index (χ0v) is 16.1. The van der Waals surface area contributed by atoms with Crippen LogP contribution in [0, 0.1) is 38.5 Å². The molecule has 0 radical (unpaired) electrons. The van der Waals surface area contributed by atoms with Gasteiger partial charge in [-0.1, -0.05) is 18.2 Å². The third kappa shape index (κ3) is 4.63. The van der Waals surface area contributed by atoms with E-state index in [-0.39, 0.29) is 39.7 Å². The van der Waals surface area contributed by atoms with Crippen LogP contribution in [0.1, 0.15) is 11.3 Å². The summed E-state index contributed by atoms with van der Waals surface area (Å²) in [7, 11) is 0. The Bertz CT molecular complexity index is 1270. The van der Waals surface area contributed by atoms with Crippen LogP contribution >= 0.6 is 0 Å². The molecule has 0 saturated carbocycles. The number of nitro benzene ring substituents is 2. The molecule has 31 heavy (non-hydrogen) atoms. The number of furan rings is 1. The standard InChI is InChI=1S/C21H14N4O6/c1-13-6-8-17(19(10-13)25(29)30)23-21(26)14(12-22)11-15-7-9-20(31-15)16-4-2-3-5-18(16)24(27)28/h2-11H,1H3,(H,23,26)/b14-11+. The highest BCUT2D eigenvalue weighted by Gasteiger charge is 2.20. The quantitative estimate of drug-likeness (QED) is 0.265. The van der Waals surface area contributed by atoms with Crippen molar-refractivity contribution in [2.75, 3.05) is 5.32 Å². The Morgan fingerprint density at radius 3 is 2.45 bits per heavy atom. The Kier molecular flexibility index (Phi) is 5.88. The van der Waals surface area contributed by atoms with E-state index in [2.05, 4.69) is 5.32 Å². The summed E-state index contributed by atoms with van der Waals surface area (Å²) in [5.41, 5.74) is 0.00371. The zero-order valence-electron chi connectivity index (χ0n) is 16.1. The van der Waals surface area contributed by atoms with Gasteiger partial charge in [0.2, 0.25) is 0 Å². The first kappa shape index (κ1) is 20.9. The van der Waals surface area contributed by atoms with Gasteiger partial charge in [0.25, 0.3) is 17.3 Å². The van der Waals surface area contributed by atoms with Gasteiger partial charge in [0, 0.05) is 18.2 Å². The maximum atomic E-state index is 12.5. The highest BCUT2D eigenvalue weighted by Crippen LogP contribution is 2.31. The van der Waals surface area contributed by atoms with Crippen LogP contribution in [0.5, 0.6) is 0 Å². The number of rotatable bonds is 6. The Labute approximate surface area is 175 Å². The number of nitrogens with zero attached hydrogens (tertiary/aromatic N) is 3. The van der Waals surface area contributed by atoms with E-state index >= 15 is 0 Å². The smallest absolute Gasteiger partial charge is 0.293 e. The first-order chi connectivity index (χ1) is 14.8. The van der Waals surface area contributed by atoms with Crippen LogP contribution in [0.3, 0.4) is 0 Å². The van der Waals surface area contributed by atoms with Gasteiger partial charge in [-0.2, -0.15) is 5.26 Å². The molecule has 10 heteroatoms. The van der Waals surface area contributed by atoms with Gasteiger partial charge in [0.15, 0.2) is 0 Å². The number of amides is 1. The summed E-state index contributed by atoms with van der Waals surface area (Å²) in [6.07, 6.45) is 1.15. The summed E-state index contributed by atoms with van der Waals surface area (Å²) in [6.45, 7) is 1.67. The lowest BCUT2D eigenvalue weighted by Crippen LogP contribution is -2.14. The van der Waals surface area contributed by atoms with Crippen LogP contribution in [0.15, 0.2) is 64.6 Å². The number of carbonyl (C=O) groups is 1. The first-order valence-electron chi connectivity index (χ1n) is 8.82. The van der Waals surface area contributed by atoms with E-state index in [0.717, 1.165) is 6.08 Å². The fraction of sp³-hybridized carbons (Fsp3) is 0.0476. The summed E-state index contributed by atoms with van der Waals surface area (Å²) in [5, 5.41) is 34.1. The molecule has 154 valence electrons. The number of carbonyl (C=O) groups excluding carboxylic acids is 1. The molecular formula is C21H14N4O6. The molecule has 1 amide bonds. The lowest BCUT2D eigenvalue weighted by molar-refractivity contribution is -0.384. The molecule has 0 aliphatic carbocycles. The Morgan fingerprint density at radius 2 is 1.77 bits per heavy atom. The lowest BCUT2D eigenvalue weighted by Gasteiger charge is -2.06. The predicted octanol–water partition coefficient (Wildman–Crippen LogP) is 4.62. The normalized spacial score (nSPS) is 10.9. The van der Waals surface area contributed by atoms with Crippen molar-refractivity contribution < 1.29 is 19.1 Å². The second-order valence-corrected chi connectivity index (χ2v) is 6.38. The van der Waals surface area contributed by atoms with Crippen LogP contribution in [0.2, 0.25) is 0 Å². The number of benzene rings is 2. The van der Waals surface area contributed by atoms with Crippen LogP contribution < -0.4 is 5.32 Å². The van der Waals surface area contributed by atoms with Crippen LogP contribution in [-0.4, -0.2) is 15.8 Å². The molecule has 0 spiro atoms. The van der Waals surface area contributed by atoms with Gasteiger partial charge < -0.3 is 9.73 Å². The van der Waals surface area contributed by atoms with E-state index in [1.54, 1.807) is 25.1 Å². The van der Waals surface area contributed by atoms with E-state index in [9.17, 15) is 30.3 Å². The van der Waals surface area contributed by atoms with Crippen molar-refractivity contribution in [1.29, 1.82) is 5.26 Å². The van der Waals surface area contributed by atoms with Crippen LogP contribution in [0.25, 0.3) is 17.4 Å². The summed E-state index contributed by atoms with van der Waals surface area (Å²) in [6, 6.07) is 14.9. The summed E-state index contributed by atoms with van der Waals surface area (Å²) >= 11 is 0. The molecule has 10 nitrogen and oxygen atoms in total.